The fourth-order valence-corrected chi connectivity index (χ4v) is 1.87. The van der Waals surface area contributed by atoms with Gasteiger partial charge in [-0.25, -0.2) is 0 Å². The first kappa shape index (κ1) is 15.2. The Hall–Kier alpha value is -2.17. The second-order valence-corrected chi connectivity index (χ2v) is 5.52. The highest BCUT2D eigenvalue weighted by atomic mass is 16.5. The van der Waals surface area contributed by atoms with E-state index in [-0.39, 0.29) is 11.9 Å². The van der Waals surface area contributed by atoms with Gasteiger partial charge in [-0.1, -0.05) is 35.0 Å². The van der Waals surface area contributed by atoms with E-state index >= 15 is 0 Å². The van der Waals surface area contributed by atoms with Crippen molar-refractivity contribution in [1.82, 2.24) is 10.1 Å². The van der Waals surface area contributed by atoms with E-state index in [1.165, 1.54) is 5.56 Å². The number of benzene rings is 1. The van der Waals surface area contributed by atoms with Crippen molar-refractivity contribution < 1.29 is 14.1 Å². The number of hydrogen-bond donors (Lipinski definition) is 0. The number of nitrogens with zero attached hydrogens (tertiary/aromatic N) is 2. The van der Waals surface area contributed by atoms with Gasteiger partial charge in [0.15, 0.2) is 5.82 Å². The predicted octanol–water partition coefficient (Wildman–Crippen LogP) is 2.81. The summed E-state index contributed by atoms with van der Waals surface area (Å²) < 4.78 is 10.3. The molecule has 2 aromatic rings. The largest absolute Gasteiger partial charge is 0.465 e. The van der Waals surface area contributed by atoms with Gasteiger partial charge in [0, 0.05) is 6.42 Å². The van der Waals surface area contributed by atoms with Crippen molar-refractivity contribution in [2.75, 3.05) is 6.61 Å². The lowest BCUT2D eigenvalue weighted by atomic mass is 9.94. The maximum Gasteiger partial charge on any atom is 0.321 e. The van der Waals surface area contributed by atoms with E-state index in [0.29, 0.717) is 18.9 Å². The number of rotatable bonds is 5. The molecule has 0 N–H and O–H groups in total. The summed E-state index contributed by atoms with van der Waals surface area (Å²) in [5.41, 5.74) is 1.37. The highest BCUT2D eigenvalue weighted by molar-refractivity contribution is 5.80. The molecule has 0 spiro atoms. The van der Waals surface area contributed by atoms with E-state index in [2.05, 4.69) is 10.1 Å². The van der Waals surface area contributed by atoms with Gasteiger partial charge in [-0.05, 0) is 33.3 Å². The molecule has 2 rings (SSSR count). The fraction of sp³-hybridized carbons (Fsp3) is 0.438. The molecule has 1 aromatic carbocycles. The van der Waals surface area contributed by atoms with Crippen LogP contribution in [0.2, 0.25) is 0 Å². The zero-order valence-electron chi connectivity index (χ0n) is 12.8. The lowest BCUT2D eigenvalue weighted by molar-refractivity contribution is -0.149. The second kappa shape index (κ2) is 6.08. The summed E-state index contributed by atoms with van der Waals surface area (Å²) in [6.45, 7) is 7.57. The molecule has 112 valence electrons. The highest BCUT2D eigenvalue weighted by Gasteiger charge is 2.37. The Morgan fingerprint density at radius 3 is 2.57 bits per heavy atom. The van der Waals surface area contributed by atoms with Gasteiger partial charge in [-0.3, -0.25) is 4.79 Å². The topological polar surface area (TPSA) is 65.2 Å². The first-order valence-electron chi connectivity index (χ1n) is 6.99. The Kier molecular flexibility index (Phi) is 4.40. The molecule has 0 bridgehead atoms. The van der Waals surface area contributed by atoms with Crippen LogP contribution in [0.4, 0.5) is 0 Å². The molecule has 1 heterocycles. The average molecular weight is 288 g/mol. The normalized spacial score (nSPS) is 11.4. The minimum atomic E-state index is -0.936. The number of aromatic nitrogens is 2. The summed E-state index contributed by atoms with van der Waals surface area (Å²) >= 11 is 0. The standard InChI is InChI=1S/C16H20N2O3/c1-5-20-15(19)16(3,4)14-17-13(18-21-14)10-12-8-6-11(2)7-9-12/h6-9H,5,10H2,1-4H3. The number of carbonyl (C=O) groups is 1. The van der Waals surface area contributed by atoms with Gasteiger partial charge in [0.05, 0.1) is 6.61 Å². The van der Waals surface area contributed by atoms with Crippen molar-refractivity contribution in [3.05, 3.63) is 47.1 Å². The van der Waals surface area contributed by atoms with Crippen molar-refractivity contribution in [2.45, 2.75) is 39.5 Å². The third-order valence-electron chi connectivity index (χ3n) is 3.27. The second-order valence-electron chi connectivity index (χ2n) is 5.52. The predicted molar refractivity (Wildman–Crippen MR) is 77.9 cm³/mol. The number of hydrogen-bond acceptors (Lipinski definition) is 5. The van der Waals surface area contributed by atoms with Crippen LogP contribution in [-0.2, 0) is 21.4 Å². The van der Waals surface area contributed by atoms with Crippen LogP contribution in [0, 0.1) is 6.92 Å². The van der Waals surface area contributed by atoms with E-state index in [1.54, 1.807) is 20.8 Å². The van der Waals surface area contributed by atoms with E-state index < -0.39 is 5.41 Å². The van der Waals surface area contributed by atoms with Crippen LogP contribution in [0.3, 0.4) is 0 Å². The van der Waals surface area contributed by atoms with E-state index in [1.807, 2.05) is 31.2 Å². The molecule has 0 saturated carbocycles. The molecule has 1 aromatic heterocycles. The number of carbonyl (C=O) groups excluding carboxylic acids is 1. The van der Waals surface area contributed by atoms with Gasteiger partial charge in [0.2, 0.25) is 5.89 Å². The van der Waals surface area contributed by atoms with E-state index in [9.17, 15) is 4.79 Å². The molecule has 0 unspecified atom stereocenters. The van der Waals surface area contributed by atoms with Crippen LogP contribution in [-0.4, -0.2) is 22.7 Å². The number of esters is 1. The molecule has 0 atom stereocenters. The summed E-state index contributed by atoms with van der Waals surface area (Å²) in [7, 11) is 0. The van der Waals surface area contributed by atoms with Crippen molar-refractivity contribution >= 4 is 5.97 Å². The molecule has 0 fully saturated rings. The number of ether oxygens (including phenoxy) is 1. The van der Waals surface area contributed by atoms with E-state index in [0.717, 1.165) is 5.56 Å². The SMILES string of the molecule is CCOC(=O)C(C)(C)c1nc(Cc2ccc(C)cc2)no1. The van der Waals surface area contributed by atoms with Crippen molar-refractivity contribution in [3.63, 3.8) is 0 Å². The molecular weight excluding hydrogens is 268 g/mol. The zero-order chi connectivity index (χ0) is 15.5. The summed E-state index contributed by atoms with van der Waals surface area (Å²) in [5, 5.41) is 3.95. The number of aryl methyl sites for hydroxylation is 1. The molecule has 0 radical (unpaired) electrons. The molecule has 0 amide bonds. The van der Waals surface area contributed by atoms with Gasteiger partial charge in [-0.2, -0.15) is 4.98 Å². The summed E-state index contributed by atoms with van der Waals surface area (Å²) in [6.07, 6.45) is 0.572. The maximum atomic E-state index is 11.9. The Bertz CT molecular complexity index is 615. The minimum absolute atomic E-state index is 0.281. The van der Waals surface area contributed by atoms with Crippen LogP contribution < -0.4 is 0 Å². The van der Waals surface area contributed by atoms with Crippen molar-refractivity contribution in [2.24, 2.45) is 0 Å². The van der Waals surface area contributed by atoms with Crippen molar-refractivity contribution in [1.29, 1.82) is 0 Å². The van der Waals surface area contributed by atoms with Gasteiger partial charge >= 0.3 is 5.97 Å². The fourth-order valence-electron chi connectivity index (χ4n) is 1.87. The molecule has 0 aliphatic heterocycles. The molecule has 0 saturated heterocycles. The summed E-state index contributed by atoms with van der Waals surface area (Å²) in [6, 6.07) is 8.14. The molecule has 5 nitrogen and oxygen atoms in total. The van der Waals surface area contributed by atoms with Crippen LogP contribution in [0.5, 0.6) is 0 Å². The van der Waals surface area contributed by atoms with Gasteiger partial charge in [-0.15, -0.1) is 0 Å². The Morgan fingerprint density at radius 2 is 1.95 bits per heavy atom. The Labute approximate surface area is 124 Å². The smallest absolute Gasteiger partial charge is 0.321 e. The maximum absolute atomic E-state index is 11.9. The quantitative estimate of drug-likeness (QED) is 0.791. The first-order valence-corrected chi connectivity index (χ1v) is 6.99. The van der Waals surface area contributed by atoms with Gasteiger partial charge in [0.1, 0.15) is 5.41 Å². The third-order valence-corrected chi connectivity index (χ3v) is 3.27. The van der Waals surface area contributed by atoms with Crippen molar-refractivity contribution in [3.8, 4) is 0 Å². The molecule has 0 aliphatic rings. The monoisotopic (exact) mass is 288 g/mol. The molecule has 5 heteroatoms. The third kappa shape index (κ3) is 3.48. The average Bonchev–Trinajstić information content (AvgIpc) is 2.91. The first-order chi connectivity index (χ1) is 9.93. The lowest BCUT2D eigenvalue weighted by Crippen LogP contribution is -2.31. The van der Waals surface area contributed by atoms with E-state index in [4.69, 9.17) is 9.26 Å². The van der Waals surface area contributed by atoms with Crippen LogP contribution in [0.15, 0.2) is 28.8 Å². The van der Waals surface area contributed by atoms with Crippen LogP contribution in [0.25, 0.3) is 0 Å². The van der Waals surface area contributed by atoms with Crippen LogP contribution in [0.1, 0.15) is 43.6 Å². The van der Waals surface area contributed by atoms with Crippen LogP contribution >= 0.6 is 0 Å². The zero-order valence-corrected chi connectivity index (χ0v) is 12.8. The minimum Gasteiger partial charge on any atom is -0.465 e. The Morgan fingerprint density at radius 1 is 1.29 bits per heavy atom. The highest BCUT2D eigenvalue weighted by Crippen LogP contribution is 2.23. The van der Waals surface area contributed by atoms with Gasteiger partial charge in [0.25, 0.3) is 0 Å². The molecule has 21 heavy (non-hydrogen) atoms. The molecular formula is C16H20N2O3. The summed E-state index contributed by atoms with van der Waals surface area (Å²) in [4.78, 5) is 16.2. The Balaban J connectivity index is 2.14. The summed E-state index contributed by atoms with van der Waals surface area (Å²) in [5.74, 6) is 0.477. The lowest BCUT2D eigenvalue weighted by Gasteiger charge is -2.16. The van der Waals surface area contributed by atoms with Gasteiger partial charge < -0.3 is 9.26 Å². The molecule has 0 aliphatic carbocycles.